The average molecular weight is 441 g/mol. The van der Waals surface area contributed by atoms with E-state index >= 15 is 0 Å². The summed E-state index contributed by atoms with van der Waals surface area (Å²) >= 11 is 8.06. The van der Waals surface area contributed by atoms with E-state index in [1.807, 2.05) is 47.1 Å². The zero-order valence-corrected chi connectivity index (χ0v) is 18.2. The number of carboxylic acids is 1. The number of rotatable bonds is 7. The van der Waals surface area contributed by atoms with Crippen molar-refractivity contribution in [3.8, 4) is 10.6 Å². The summed E-state index contributed by atoms with van der Waals surface area (Å²) in [6.07, 6.45) is 0. The normalized spacial score (nSPS) is 11.8. The molecule has 5 nitrogen and oxygen atoms in total. The molecule has 0 aliphatic carbocycles. The van der Waals surface area contributed by atoms with Gasteiger partial charge in [0.15, 0.2) is 5.60 Å². The predicted octanol–water partition coefficient (Wildman–Crippen LogP) is 5.85. The quantitative estimate of drug-likeness (QED) is 0.391. The van der Waals surface area contributed by atoms with Crippen LogP contribution < -0.4 is 0 Å². The maximum atomic E-state index is 11.4. The second kappa shape index (κ2) is 8.22. The summed E-state index contributed by atoms with van der Waals surface area (Å²) in [5, 5.41) is 15.9. The Kier molecular flexibility index (Phi) is 5.64. The van der Waals surface area contributed by atoms with Gasteiger partial charge in [-0.15, -0.1) is 11.3 Å². The highest BCUT2D eigenvalue weighted by Gasteiger charge is 2.28. The second-order valence-corrected chi connectivity index (χ2v) is 9.01. The Morgan fingerprint density at radius 1 is 1.17 bits per heavy atom. The molecule has 2 aromatic carbocycles. The fraction of sp³-hybridized carbons (Fsp3) is 0.217. The zero-order valence-electron chi connectivity index (χ0n) is 16.6. The van der Waals surface area contributed by atoms with Gasteiger partial charge in [-0.25, -0.2) is 4.79 Å². The third-order valence-corrected chi connectivity index (χ3v) is 6.39. The lowest BCUT2D eigenvalue weighted by Gasteiger charge is -2.19. The van der Waals surface area contributed by atoms with E-state index < -0.39 is 11.6 Å². The number of nitrogens with zero attached hydrogens (tertiary/aromatic N) is 2. The van der Waals surface area contributed by atoms with Crippen molar-refractivity contribution in [1.82, 2.24) is 9.78 Å². The first-order valence-corrected chi connectivity index (χ1v) is 10.7. The van der Waals surface area contributed by atoms with E-state index in [2.05, 4.69) is 18.2 Å². The third-order valence-electron chi connectivity index (χ3n) is 4.88. The number of thiophene rings is 1. The van der Waals surface area contributed by atoms with Crippen molar-refractivity contribution in [2.45, 2.75) is 32.6 Å². The van der Waals surface area contributed by atoms with Crippen LogP contribution in [0.2, 0.25) is 5.02 Å². The van der Waals surface area contributed by atoms with Gasteiger partial charge in [0.1, 0.15) is 0 Å². The molecule has 4 aromatic rings. The van der Waals surface area contributed by atoms with Gasteiger partial charge in [0.05, 0.1) is 29.4 Å². The molecule has 2 aromatic heterocycles. The molecule has 0 saturated heterocycles. The van der Waals surface area contributed by atoms with Crippen molar-refractivity contribution in [3.63, 3.8) is 0 Å². The summed E-state index contributed by atoms with van der Waals surface area (Å²) in [6.45, 7) is 3.67. The highest BCUT2D eigenvalue weighted by atomic mass is 35.5. The van der Waals surface area contributed by atoms with Crippen molar-refractivity contribution in [1.29, 1.82) is 0 Å². The zero-order chi connectivity index (χ0) is 21.3. The summed E-state index contributed by atoms with van der Waals surface area (Å²) in [6, 6.07) is 20.0. The maximum absolute atomic E-state index is 11.4. The number of fused-ring (bicyclic) bond motifs is 1. The van der Waals surface area contributed by atoms with Crippen molar-refractivity contribution < 1.29 is 14.6 Å². The molecule has 0 saturated carbocycles. The molecule has 1 N–H and O–H groups in total. The molecule has 30 heavy (non-hydrogen) atoms. The molecule has 4 rings (SSSR count). The predicted molar refractivity (Wildman–Crippen MR) is 120 cm³/mol. The van der Waals surface area contributed by atoms with Crippen LogP contribution in [0.4, 0.5) is 0 Å². The molecule has 0 atom stereocenters. The molecule has 0 amide bonds. The Labute approximate surface area is 183 Å². The highest BCUT2D eigenvalue weighted by molar-refractivity contribution is 7.22. The first kappa shape index (κ1) is 20.6. The van der Waals surface area contributed by atoms with E-state index in [9.17, 15) is 9.90 Å². The summed E-state index contributed by atoms with van der Waals surface area (Å²) in [5.41, 5.74) is 1.29. The van der Waals surface area contributed by atoms with Crippen LogP contribution in [-0.2, 0) is 22.7 Å². The molecule has 0 aliphatic rings. The molecule has 0 radical (unpaired) electrons. The minimum absolute atomic E-state index is 0.104. The molecule has 7 heteroatoms. The van der Waals surface area contributed by atoms with Gasteiger partial charge in [-0.3, -0.25) is 4.68 Å². The molecule has 0 spiro atoms. The van der Waals surface area contributed by atoms with E-state index in [0.717, 1.165) is 16.1 Å². The third kappa shape index (κ3) is 4.26. The molecular weight excluding hydrogens is 420 g/mol. The minimum atomic E-state index is -1.29. The number of ether oxygens (including phenoxy) is 1. The highest BCUT2D eigenvalue weighted by Crippen LogP contribution is 2.34. The van der Waals surface area contributed by atoms with Crippen LogP contribution in [0.15, 0.2) is 60.7 Å². The van der Waals surface area contributed by atoms with Gasteiger partial charge in [0.2, 0.25) is 0 Å². The molecule has 0 fully saturated rings. The SMILES string of the molecule is CC(C)(OCc1cc(-c2cc3ccccc3s2)n(Cc2ccccc2Cl)n1)C(=O)O. The lowest BCUT2D eigenvalue weighted by molar-refractivity contribution is -0.162. The number of aliphatic carboxylic acids is 1. The number of halogens is 1. The largest absolute Gasteiger partial charge is 0.479 e. The van der Waals surface area contributed by atoms with Gasteiger partial charge in [-0.1, -0.05) is 48.0 Å². The fourth-order valence-electron chi connectivity index (χ4n) is 3.07. The van der Waals surface area contributed by atoms with E-state index in [1.54, 1.807) is 11.3 Å². The average Bonchev–Trinajstić information content (AvgIpc) is 3.32. The first-order chi connectivity index (χ1) is 14.3. The Hall–Kier alpha value is -2.67. The van der Waals surface area contributed by atoms with Crippen molar-refractivity contribution in [3.05, 3.63) is 76.9 Å². The molecule has 0 aliphatic heterocycles. The van der Waals surface area contributed by atoms with Gasteiger partial charge < -0.3 is 9.84 Å². The van der Waals surface area contributed by atoms with Gasteiger partial charge in [0.25, 0.3) is 0 Å². The van der Waals surface area contributed by atoms with Gasteiger partial charge in [-0.2, -0.15) is 5.10 Å². The number of carbonyl (C=O) groups is 1. The molecular formula is C23H21ClN2O3S. The van der Waals surface area contributed by atoms with Crippen molar-refractivity contribution >= 4 is 39.0 Å². The summed E-state index contributed by atoms with van der Waals surface area (Å²) < 4.78 is 8.71. The lowest BCUT2D eigenvalue weighted by Crippen LogP contribution is -2.34. The number of aromatic nitrogens is 2. The molecule has 0 bridgehead atoms. The van der Waals surface area contributed by atoms with Crippen LogP contribution in [0, 0.1) is 0 Å². The fourth-order valence-corrected chi connectivity index (χ4v) is 4.35. The molecule has 0 unspecified atom stereocenters. The topological polar surface area (TPSA) is 64.4 Å². The number of hydrogen-bond donors (Lipinski definition) is 1. The van der Waals surface area contributed by atoms with Crippen molar-refractivity contribution in [2.75, 3.05) is 0 Å². The first-order valence-electron chi connectivity index (χ1n) is 9.50. The second-order valence-electron chi connectivity index (χ2n) is 7.52. The van der Waals surface area contributed by atoms with E-state index in [1.165, 1.54) is 23.9 Å². The van der Waals surface area contributed by atoms with E-state index in [0.29, 0.717) is 17.3 Å². The Morgan fingerprint density at radius 3 is 2.63 bits per heavy atom. The monoisotopic (exact) mass is 440 g/mol. The number of carboxylic acid groups (broad SMARTS) is 1. The Morgan fingerprint density at radius 2 is 1.90 bits per heavy atom. The van der Waals surface area contributed by atoms with E-state index in [-0.39, 0.29) is 6.61 Å². The van der Waals surface area contributed by atoms with Gasteiger partial charge in [-0.05, 0) is 49.1 Å². The standard InChI is InChI=1S/C23H21ClN2O3S/c1-23(2,22(27)28)29-14-17-12-19(21-11-15-7-4-6-10-20(15)30-21)26(25-17)13-16-8-3-5-9-18(16)24/h3-12H,13-14H2,1-2H3,(H,27,28). The van der Waals surface area contributed by atoms with Crippen LogP contribution >= 0.6 is 22.9 Å². The molecule has 2 heterocycles. The van der Waals surface area contributed by atoms with Crippen LogP contribution in [-0.4, -0.2) is 26.5 Å². The summed E-state index contributed by atoms with van der Waals surface area (Å²) in [4.78, 5) is 12.4. The minimum Gasteiger partial charge on any atom is -0.479 e. The number of hydrogen-bond acceptors (Lipinski definition) is 4. The lowest BCUT2D eigenvalue weighted by atomic mass is 10.1. The summed E-state index contributed by atoms with van der Waals surface area (Å²) in [7, 11) is 0. The van der Waals surface area contributed by atoms with Crippen LogP contribution in [0.5, 0.6) is 0 Å². The Balaban J connectivity index is 1.71. The summed E-state index contributed by atoms with van der Waals surface area (Å²) in [5.74, 6) is -1.01. The van der Waals surface area contributed by atoms with Gasteiger partial charge >= 0.3 is 5.97 Å². The molecule has 154 valence electrons. The van der Waals surface area contributed by atoms with Gasteiger partial charge in [0, 0.05) is 9.72 Å². The Bertz CT molecular complexity index is 1180. The van der Waals surface area contributed by atoms with Crippen LogP contribution in [0.3, 0.4) is 0 Å². The van der Waals surface area contributed by atoms with Crippen LogP contribution in [0.25, 0.3) is 20.7 Å². The van der Waals surface area contributed by atoms with Crippen LogP contribution in [0.1, 0.15) is 25.1 Å². The smallest absolute Gasteiger partial charge is 0.335 e. The van der Waals surface area contributed by atoms with E-state index in [4.69, 9.17) is 21.4 Å². The maximum Gasteiger partial charge on any atom is 0.335 e. The van der Waals surface area contributed by atoms with Crippen molar-refractivity contribution in [2.24, 2.45) is 0 Å². The number of benzene rings is 2.